The molecule has 1 fully saturated rings. The summed E-state index contributed by atoms with van der Waals surface area (Å²) in [6, 6.07) is 0.116. The van der Waals surface area contributed by atoms with Crippen molar-refractivity contribution in [2.45, 2.75) is 32.7 Å². The topological polar surface area (TPSA) is 73.4 Å². The highest BCUT2D eigenvalue weighted by Gasteiger charge is 2.28. The third-order valence-electron chi connectivity index (χ3n) is 3.21. The molecule has 18 heavy (non-hydrogen) atoms. The van der Waals surface area contributed by atoms with Gasteiger partial charge in [0.25, 0.3) is 0 Å². The first-order valence-corrected chi connectivity index (χ1v) is 6.27. The molecule has 1 aliphatic rings. The van der Waals surface area contributed by atoms with Crippen LogP contribution in [0.3, 0.4) is 0 Å². The summed E-state index contributed by atoms with van der Waals surface area (Å²) in [5.74, 6) is 0.630. The lowest BCUT2D eigenvalue weighted by molar-refractivity contribution is 0.0602. The van der Waals surface area contributed by atoms with Crippen LogP contribution in [0.1, 0.15) is 43.1 Å². The van der Waals surface area contributed by atoms with Crippen molar-refractivity contribution in [3.05, 3.63) is 5.56 Å². The maximum Gasteiger partial charge on any atom is 0.345 e. The Morgan fingerprint density at radius 3 is 2.50 bits per heavy atom. The molecule has 6 nitrogen and oxygen atoms in total. The van der Waals surface area contributed by atoms with E-state index in [4.69, 9.17) is 10.5 Å². The Bertz CT molecular complexity index is 447. The molecule has 0 radical (unpaired) electrons. The van der Waals surface area contributed by atoms with Gasteiger partial charge < -0.3 is 15.4 Å². The first-order valence-electron chi connectivity index (χ1n) is 6.27. The maximum atomic E-state index is 11.9. The van der Waals surface area contributed by atoms with Crippen LogP contribution < -0.4 is 10.6 Å². The second-order valence-electron chi connectivity index (χ2n) is 4.81. The predicted molar refractivity (Wildman–Crippen MR) is 69.8 cm³/mol. The van der Waals surface area contributed by atoms with Gasteiger partial charge in [-0.05, 0) is 26.7 Å². The van der Waals surface area contributed by atoms with Crippen LogP contribution in [0.4, 0.5) is 11.6 Å². The molecule has 2 heterocycles. The fourth-order valence-electron chi connectivity index (χ4n) is 2.28. The number of hydrogen-bond donors (Lipinski definition) is 1. The summed E-state index contributed by atoms with van der Waals surface area (Å²) in [6.45, 7) is 5.80. The Balaban J connectivity index is 2.48. The van der Waals surface area contributed by atoms with Gasteiger partial charge >= 0.3 is 5.97 Å². The zero-order chi connectivity index (χ0) is 13.3. The summed E-state index contributed by atoms with van der Waals surface area (Å²) in [7, 11) is 1.36. The van der Waals surface area contributed by atoms with Crippen molar-refractivity contribution in [2.24, 2.45) is 0 Å². The van der Waals surface area contributed by atoms with Crippen molar-refractivity contribution >= 4 is 17.6 Å². The molecule has 0 aromatic carbocycles. The molecular formula is C12H20N4O2. The van der Waals surface area contributed by atoms with Gasteiger partial charge in [0.1, 0.15) is 11.4 Å². The molecule has 1 aromatic rings. The Hall–Kier alpha value is -1.72. The highest BCUT2D eigenvalue weighted by atomic mass is 16.5. The molecular weight excluding hydrogens is 232 g/mol. The summed E-state index contributed by atoms with van der Waals surface area (Å²) in [5, 5.41) is 4.48. The molecule has 1 saturated heterocycles. The molecule has 6 heteroatoms. The van der Waals surface area contributed by atoms with Crippen molar-refractivity contribution in [3.8, 4) is 0 Å². The van der Waals surface area contributed by atoms with Gasteiger partial charge in [0.15, 0.2) is 5.82 Å². The van der Waals surface area contributed by atoms with Crippen molar-refractivity contribution < 1.29 is 9.53 Å². The third kappa shape index (κ3) is 2.02. The molecule has 0 atom stereocenters. The fourth-order valence-corrected chi connectivity index (χ4v) is 2.28. The van der Waals surface area contributed by atoms with Gasteiger partial charge in [-0.1, -0.05) is 0 Å². The Morgan fingerprint density at radius 1 is 1.39 bits per heavy atom. The fraction of sp³-hybridized carbons (Fsp3) is 0.667. The van der Waals surface area contributed by atoms with Gasteiger partial charge in [0.05, 0.1) is 7.11 Å². The molecule has 0 bridgehead atoms. The number of nitrogens with zero attached hydrogens (tertiary/aromatic N) is 3. The van der Waals surface area contributed by atoms with Gasteiger partial charge in [-0.3, -0.25) is 0 Å². The molecule has 2 rings (SSSR count). The molecule has 0 aliphatic carbocycles. The number of carbonyl (C=O) groups is 1. The van der Waals surface area contributed by atoms with Gasteiger partial charge in [0, 0.05) is 19.1 Å². The van der Waals surface area contributed by atoms with Crippen LogP contribution >= 0.6 is 0 Å². The van der Waals surface area contributed by atoms with Crippen molar-refractivity contribution in [1.29, 1.82) is 0 Å². The van der Waals surface area contributed by atoms with Crippen molar-refractivity contribution in [2.75, 3.05) is 30.8 Å². The van der Waals surface area contributed by atoms with E-state index in [2.05, 4.69) is 10.00 Å². The quantitative estimate of drug-likeness (QED) is 0.824. The Labute approximate surface area is 107 Å². The number of methoxy groups -OCH3 is 1. The minimum absolute atomic E-state index is 0.116. The summed E-state index contributed by atoms with van der Waals surface area (Å²) in [4.78, 5) is 14.0. The molecule has 100 valence electrons. The number of carbonyl (C=O) groups excluding carboxylic acids is 1. The lowest BCUT2D eigenvalue weighted by Crippen LogP contribution is -2.21. The number of hydrogen-bond acceptors (Lipinski definition) is 5. The number of nitrogens with two attached hydrogens (primary N) is 1. The standard InChI is InChI=1S/C12H20N4O2/c1-8(2)16-10(13)9(12(17)18-3)11(14-16)15-6-4-5-7-15/h8H,4-7,13H2,1-3H3. The van der Waals surface area contributed by atoms with Crippen LogP contribution in [0.15, 0.2) is 0 Å². The van der Waals surface area contributed by atoms with Crippen molar-refractivity contribution in [1.82, 2.24) is 9.78 Å². The molecule has 2 N–H and O–H groups in total. The van der Waals surface area contributed by atoms with Gasteiger partial charge in [0.2, 0.25) is 0 Å². The molecule has 0 spiro atoms. The lowest BCUT2D eigenvalue weighted by atomic mass is 10.2. The number of esters is 1. The van der Waals surface area contributed by atoms with Crippen molar-refractivity contribution in [3.63, 3.8) is 0 Å². The SMILES string of the molecule is COC(=O)c1c(N2CCCC2)nn(C(C)C)c1N. The van der Waals surface area contributed by atoms with Gasteiger partial charge in [-0.25, -0.2) is 9.48 Å². The van der Waals surface area contributed by atoms with E-state index in [9.17, 15) is 4.79 Å². The number of aromatic nitrogens is 2. The molecule has 1 aromatic heterocycles. The Kier molecular flexibility index (Phi) is 3.45. The van der Waals surface area contributed by atoms with E-state index in [1.807, 2.05) is 13.8 Å². The van der Waals surface area contributed by atoms with E-state index in [1.54, 1.807) is 4.68 Å². The second-order valence-corrected chi connectivity index (χ2v) is 4.81. The monoisotopic (exact) mass is 252 g/mol. The molecule has 0 amide bonds. The van der Waals surface area contributed by atoms with Crippen LogP contribution in [-0.4, -0.2) is 35.9 Å². The average molecular weight is 252 g/mol. The van der Waals surface area contributed by atoms with Crippen LogP contribution in [0.2, 0.25) is 0 Å². The van der Waals surface area contributed by atoms with E-state index in [0.717, 1.165) is 25.9 Å². The van der Waals surface area contributed by atoms with Crippen LogP contribution in [0.25, 0.3) is 0 Å². The predicted octanol–water partition coefficient (Wildman–Crippen LogP) is 1.43. The zero-order valence-electron chi connectivity index (χ0n) is 11.1. The number of rotatable bonds is 3. The Morgan fingerprint density at radius 2 is 2.00 bits per heavy atom. The normalized spacial score (nSPS) is 15.4. The van der Waals surface area contributed by atoms with E-state index in [0.29, 0.717) is 17.2 Å². The van der Waals surface area contributed by atoms with E-state index in [-0.39, 0.29) is 6.04 Å². The van der Waals surface area contributed by atoms with Crippen LogP contribution in [0, 0.1) is 0 Å². The van der Waals surface area contributed by atoms with Gasteiger partial charge in [-0.2, -0.15) is 5.10 Å². The van der Waals surface area contributed by atoms with Crippen LogP contribution in [0.5, 0.6) is 0 Å². The van der Waals surface area contributed by atoms with E-state index >= 15 is 0 Å². The number of ether oxygens (including phenoxy) is 1. The summed E-state index contributed by atoms with van der Waals surface area (Å²) < 4.78 is 6.49. The first-order chi connectivity index (χ1) is 8.56. The zero-order valence-corrected chi connectivity index (χ0v) is 11.1. The maximum absolute atomic E-state index is 11.9. The highest BCUT2D eigenvalue weighted by Crippen LogP contribution is 2.30. The summed E-state index contributed by atoms with van der Waals surface area (Å²) >= 11 is 0. The first kappa shape index (κ1) is 12.7. The smallest absolute Gasteiger partial charge is 0.345 e. The second kappa shape index (κ2) is 4.88. The van der Waals surface area contributed by atoms with E-state index in [1.165, 1.54) is 7.11 Å². The largest absolute Gasteiger partial charge is 0.465 e. The third-order valence-corrected chi connectivity index (χ3v) is 3.21. The summed E-state index contributed by atoms with van der Waals surface area (Å²) in [5.41, 5.74) is 6.42. The van der Waals surface area contributed by atoms with E-state index < -0.39 is 5.97 Å². The summed E-state index contributed by atoms with van der Waals surface area (Å²) in [6.07, 6.45) is 2.24. The molecule has 0 saturated carbocycles. The highest BCUT2D eigenvalue weighted by molar-refractivity contribution is 5.99. The minimum atomic E-state index is -0.415. The number of nitrogen functional groups attached to an aromatic ring is 1. The van der Waals surface area contributed by atoms with Gasteiger partial charge in [-0.15, -0.1) is 0 Å². The van der Waals surface area contributed by atoms with Crippen LogP contribution in [-0.2, 0) is 4.74 Å². The number of anilines is 2. The average Bonchev–Trinajstić information content (AvgIpc) is 2.94. The molecule has 0 unspecified atom stereocenters. The lowest BCUT2D eigenvalue weighted by Gasteiger charge is -2.15. The molecule has 1 aliphatic heterocycles. The minimum Gasteiger partial charge on any atom is -0.465 e.